The molecule has 0 fully saturated rings. The van der Waals surface area contributed by atoms with Gasteiger partial charge in [-0.15, -0.1) is 0 Å². The number of hydrogen-bond acceptors (Lipinski definition) is 4. The average molecular weight is 352 g/mol. The zero-order valence-electron chi connectivity index (χ0n) is 14.7. The largest absolute Gasteiger partial charge is 0.496 e. The first-order chi connectivity index (χ1) is 12.6. The molecule has 134 valence electrons. The van der Waals surface area contributed by atoms with Crippen molar-refractivity contribution in [1.29, 1.82) is 0 Å². The molecule has 2 aromatic rings. The molecule has 1 aliphatic heterocycles. The number of esters is 1. The molecule has 6 nitrogen and oxygen atoms in total. The van der Waals surface area contributed by atoms with Gasteiger partial charge in [0.2, 0.25) is 0 Å². The van der Waals surface area contributed by atoms with E-state index < -0.39 is 12.0 Å². The molecule has 1 heterocycles. The van der Waals surface area contributed by atoms with Crippen LogP contribution in [-0.2, 0) is 9.53 Å². The average Bonchev–Trinajstić information content (AvgIpc) is 2.64. The number of ether oxygens (including phenoxy) is 2. The smallest absolute Gasteiger partial charge is 0.338 e. The molecule has 1 unspecified atom stereocenters. The van der Waals surface area contributed by atoms with Crippen molar-refractivity contribution >= 4 is 22.8 Å². The predicted molar refractivity (Wildman–Crippen MR) is 98.8 cm³/mol. The second-order valence-electron chi connectivity index (χ2n) is 5.86. The SMILES string of the molecule is C=CCOC(=O)C1=C(C)NC(=O)NC1c1c(OC)ccc2ccccc12. The highest BCUT2D eigenvalue weighted by molar-refractivity contribution is 5.98. The van der Waals surface area contributed by atoms with E-state index in [1.54, 1.807) is 14.0 Å². The molecule has 0 radical (unpaired) electrons. The fraction of sp³-hybridized carbons (Fsp3) is 0.200. The van der Waals surface area contributed by atoms with Crippen molar-refractivity contribution in [3.8, 4) is 5.75 Å². The normalized spacial score (nSPS) is 16.7. The van der Waals surface area contributed by atoms with Crippen molar-refractivity contribution in [2.24, 2.45) is 0 Å². The summed E-state index contributed by atoms with van der Waals surface area (Å²) in [5.74, 6) is 0.0626. The molecule has 0 saturated heterocycles. The molecule has 0 spiro atoms. The minimum absolute atomic E-state index is 0.0863. The number of urea groups is 1. The second kappa shape index (κ2) is 7.31. The highest BCUT2D eigenvalue weighted by Gasteiger charge is 2.34. The highest BCUT2D eigenvalue weighted by Crippen LogP contribution is 2.38. The van der Waals surface area contributed by atoms with Gasteiger partial charge in [0, 0.05) is 11.3 Å². The molecule has 1 aliphatic rings. The summed E-state index contributed by atoms with van der Waals surface area (Å²) in [7, 11) is 1.56. The first kappa shape index (κ1) is 17.5. The van der Waals surface area contributed by atoms with Gasteiger partial charge in [0.05, 0.1) is 18.7 Å². The minimum atomic E-state index is -0.692. The Morgan fingerprint density at radius 1 is 1.27 bits per heavy atom. The van der Waals surface area contributed by atoms with Crippen molar-refractivity contribution in [3.63, 3.8) is 0 Å². The van der Waals surface area contributed by atoms with Crippen molar-refractivity contribution in [2.75, 3.05) is 13.7 Å². The number of fused-ring (bicyclic) bond motifs is 1. The molecular weight excluding hydrogens is 332 g/mol. The fourth-order valence-corrected chi connectivity index (χ4v) is 3.14. The topological polar surface area (TPSA) is 76.7 Å². The maximum atomic E-state index is 12.6. The number of carbonyl (C=O) groups is 2. The standard InChI is InChI=1S/C20H20N2O4/c1-4-11-26-19(23)16-12(2)21-20(24)22-18(16)17-14-8-6-5-7-13(14)9-10-15(17)25-3/h4-10,18H,1,11H2,2-3H3,(H2,21,22,24). The van der Waals surface area contributed by atoms with E-state index in [-0.39, 0.29) is 12.6 Å². The third-order valence-corrected chi connectivity index (χ3v) is 4.26. The van der Waals surface area contributed by atoms with Crippen LogP contribution in [-0.4, -0.2) is 25.7 Å². The number of methoxy groups -OCH3 is 1. The second-order valence-corrected chi connectivity index (χ2v) is 5.86. The maximum absolute atomic E-state index is 12.6. The number of nitrogens with one attached hydrogen (secondary N) is 2. The number of rotatable bonds is 5. The first-order valence-electron chi connectivity index (χ1n) is 8.18. The van der Waals surface area contributed by atoms with Gasteiger partial charge >= 0.3 is 12.0 Å². The van der Waals surface area contributed by atoms with E-state index in [0.29, 0.717) is 22.6 Å². The van der Waals surface area contributed by atoms with E-state index in [1.165, 1.54) is 6.08 Å². The lowest BCUT2D eigenvalue weighted by Gasteiger charge is -2.29. The van der Waals surface area contributed by atoms with E-state index in [1.807, 2.05) is 36.4 Å². The van der Waals surface area contributed by atoms with Gasteiger partial charge < -0.3 is 20.1 Å². The van der Waals surface area contributed by atoms with Crippen LogP contribution in [0, 0.1) is 0 Å². The third kappa shape index (κ3) is 3.13. The van der Waals surface area contributed by atoms with E-state index >= 15 is 0 Å². The van der Waals surface area contributed by atoms with Crippen LogP contribution in [0.2, 0.25) is 0 Å². The number of benzene rings is 2. The van der Waals surface area contributed by atoms with Crippen LogP contribution in [0.5, 0.6) is 5.75 Å². The lowest BCUT2D eigenvalue weighted by Crippen LogP contribution is -2.45. The van der Waals surface area contributed by atoms with E-state index in [2.05, 4.69) is 17.2 Å². The van der Waals surface area contributed by atoms with Gasteiger partial charge in [-0.05, 0) is 23.8 Å². The molecule has 0 aromatic heterocycles. The summed E-state index contributed by atoms with van der Waals surface area (Å²) in [6.07, 6.45) is 1.50. The Kier molecular flexibility index (Phi) is 4.93. The van der Waals surface area contributed by atoms with Gasteiger partial charge in [0.25, 0.3) is 0 Å². The molecule has 1 atom stereocenters. The van der Waals surface area contributed by atoms with Gasteiger partial charge in [0.1, 0.15) is 12.4 Å². The molecule has 0 bridgehead atoms. The summed E-state index contributed by atoms with van der Waals surface area (Å²) in [4.78, 5) is 24.7. The summed E-state index contributed by atoms with van der Waals surface area (Å²) in [5, 5.41) is 7.33. The fourth-order valence-electron chi connectivity index (χ4n) is 3.14. The molecule has 0 aliphatic carbocycles. The Balaban J connectivity index is 2.21. The monoisotopic (exact) mass is 352 g/mol. The zero-order chi connectivity index (χ0) is 18.7. The van der Waals surface area contributed by atoms with Gasteiger partial charge in [-0.2, -0.15) is 0 Å². The van der Waals surface area contributed by atoms with E-state index in [0.717, 1.165) is 10.8 Å². The highest BCUT2D eigenvalue weighted by atomic mass is 16.5. The van der Waals surface area contributed by atoms with Crippen LogP contribution in [0.3, 0.4) is 0 Å². The number of carbonyl (C=O) groups excluding carboxylic acids is 2. The molecule has 2 amide bonds. The number of allylic oxidation sites excluding steroid dienone is 1. The van der Waals surface area contributed by atoms with E-state index in [9.17, 15) is 9.59 Å². The quantitative estimate of drug-likeness (QED) is 0.640. The van der Waals surface area contributed by atoms with Crippen molar-refractivity contribution in [1.82, 2.24) is 10.6 Å². The Bertz CT molecular complexity index is 917. The Labute approximate surface area is 151 Å². The summed E-state index contributed by atoms with van der Waals surface area (Å²) < 4.78 is 10.8. The molecule has 26 heavy (non-hydrogen) atoms. The lowest BCUT2D eigenvalue weighted by atomic mass is 9.90. The van der Waals surface area contributed by atoms with Crippen LogP contribution in [0.15, 0.2) is 60.3 Å². The van der Waals surface area contributed by atoms with E-state index in [4.69, 9.17) is 9.47 Å². The maximum Gasteiger partial charge on any atom is 0.338 e. The number of amides is 2. The first-order valence-corrected chi connectivity index (χ1v) is 8.18. The van der Waals surface area contributed by atoms with Gasteiger partial charge in [-0.1, -0.05) is 43.0 Å². The molecule has 3 rings (SSSR count). The van der Waals surface area contributed by atoms with Crippen molar-refractivity contribution < 1.29 is 19.1 Å². The Morgan fingerprint density at radius 2 is 2.04 bits per heavy atom. The molecule has 2 aromatic carbocycles. The van der Waals surface area contributed by atoms with Crippen LogP contribution >= 0.6 is 0 Å². The Hall–Kier alpha value is -3.28. The van der Waals surface area contributed by atoms with Crippen molar-refractivity contribution in [2.45, 2.75) is 13.0 Å². The summed E-state index contributed by atoms with van der Waals surface area (Å²) >= 11 is 0. The minimum Gasteiger partial charge on any atom is -0.496 e. The molecular formula is C20H20N2O4. The van der Waals surface area contributed by atoms with Crippen LogP contribution < -0.4 is 15.4 Å². The predicted octanol–water partition coefficient (Wildman–Crippen LogP) is 3.21. The van der Waals surface area contributed by atoms with Gasteiger partial charge in [-0.25, -0.2) is 9.59 Å². The van der Waals surface area contributed by atoms with Gasteiger partial charge in [-0.3, -0.25) is 0 Å². The zero-order valence-corrected chi connectivity index (χ0v) is 14.7. The third-order valence-electron chi connectivity index (χ3n) is 4.26. The summed E-state index contributed by atoms with van der Waals surface area (Å²) in [6.45, 7) is 5.32. The van der Waals surface area contributed by atoms with Crippen LogP contribution in [0.25, 0.3) is 10.8 Å². The molecule has 6 heteroatoms. The molecule has 2 N–H and O–H groups in total. The van der Waals surface area contributed by atoms with Crippen molar-refractivity contribution in [3.05, 3.63) is 65.9 Å². The van der Waals surface area contributed by atoms with Gasteiger partial charge in [0.15, 0.2) is 0 Å². The molecule has 0 saturated carbocycles. The number of hydrogen-bond donors (Lipinski definition) is 2. The van der Waals surface area contributed by atoms with Crippen LogP contribution in [0.4, 0.5) is 4.79 Å². The Morgan fingerprint density at radius 3 is 2.77 bits per heavy atom. The summed E-state index contributed by atoms with van der Waals surface area (Å²) in [6, 6.07) is 10.4. The lowest BCUT2D eigenvalue weighted by molar-refractivity contribution is -0.138. The van der Waals surface area contributed by atoms with Crippen LogP contribution in [0.1, 0.15) is 18.5 Å². The summed E-state index contributed by atoms with van der Waals surface area (Å²) in [5.41, 5.74) is 1.49.